The molecule has 1 aliphatic heterocycles. The maximum Gasteiger partial charge on any atom is 0.264 e. The van der Waals surface area contributed by atoms with Gasteiger partial charge < -0.3 is 14.5 Å². The minimum absolute atomic E-state index is 0.0363. The van der Waals surface area contributed by atoms with Crippen molar-refractivity contribution in [2.45, 2.75) is 13.0 Å². The Labute approximate surface area is 166 Å². The summed E-state index contributed by atoms with van der Waals surface area (Å²) in [6.45, 7) is 3.92. The number of para-hydroxylation sites is 1. The molecule has 6 nitrogen and oxygen atoms in total. The smallest absolute Gasteiger partial charge is 0.264 e. The third kappa shape index (κ3) is 3.82. The first kappa shape index (κ1) is 18.4. The number of benzene rings is 1. The van der Waals surface area contributed by atoms with Gasteiger partial charge in [0.2, 0.25) is 5.88 Å². The molecule has 0 saturated carbocycles. The maximum absolute atomic E-state index is 13.8. The number of halogens is 1. The van der Waals surface area contributed by atoms with Gasteiger partial charge in [-0.25, -0.2) is 14.4 Å². The second-order valence-corrected chi connectivity index (χ2v) is 7.47. The first-order chi connectivity index (χ1) is 13.6. The molecule has 0 bridgehead atoms. The molecule has 3 heterocycles. The fourth-order valence-electron chi connectivity index (χ4n) is 3.21. The molecule has 2 aromatic heterocycles. The van der Waals surface area contributed by atoms with Crippen LogP contribution < -0.4 is 9.64 Å². The molecule has 8 heteroatoms. The summed E-state index contributed by atoms with van der Waals surface area (Å²) in [7, 11) is 0. The van der Waals surface area contributed by atoms with Crippen molar-refractivity contribution in [1.29, 1.82) is 0 Å². The number of amides is 1. The standard InChI is InChI=1S/C20H19FN4O2S/c1-14-12-24(8-9-25(14)20(26)17-7-4-10-28-17)18-11-19(23-13-22-18)27-16-6-3-2-5-15(16)21/h2-7,10-11,13-14H,8-9,12H2,1H3/t14-/m1/s1. The van der Waals surface area contributed by atoms with E-state index in [4.69, 9.17) is 4.74 Å². The number of rotatable bonds is 4. The minimum atomic E-state index is -0.447. The molecule has 1 saturated heterocycles. The van der Waals surface area contributed by atoms with Crippen LogP contribution in [0.1, 0.15) is 16.6 Å². The van der Waals surface area contributed by atoms with E-state index in [2.05, 4.69) is 14.9 Å². The highest BCUT2D eigenvalue weighted by Gasteiger charge is 2.29. The largest absolute Gasteiger partial charge is 0.436 e. The number of anilines is 1. The van der Waals surface area contributed by atoms with Gasteiger partial charge in [0.15, 0.2) is 11.6 Å². The first-order valence-electron chi connectivity index (χ1n) is 8.95. The predicted octanol–water partition coefficient (Wildman–Crippen LogP) is 3.82. The average Bonchev–Trinajstić information content (AvgIpc) is 3.24. The number of nitrogens with zero attached hydrogens (tertiary/aromatic N) is 4. The normalized spacial score (nSPS) is 16.9. The van der Waals surface area contributed by atoms with E-state index in [1.54, 1.807) is 24.3 Å². The van der Waals surface area contributed by atoms with Crippen molar-refractivity contribution in [3.8, 4) is 11.6 Å². The van der Waals surface area contributed by atoms with E-state index < -0.39 is 5.82 Å². The molecular weight excluding hydrogens is 379 g/mol. The molecule has 0 aliphatic carbocycles. The van der Waals surface area contributed by atoms with Gasteiger partial charge in [-0.1, -0.05) is 18.2 Å². The van der Waals surface area contributed by atoms with E-state index in [9.17, 15) is 9.18 Å². The Balaban J connectivity index is 1.46. The second-order valence-electron chi connectivity index (χ2n) is 6.52. The summed E-state index contributed by atoms with van der Waals surface area (Å²) >= 11 is 1.46. The number of aromatic nitrogens is 2. The van der Waals surface area contributed by atoms with Crippen LogP contribution in [0.15, 0.2) is 54.2 Å². The van der Waals surface area contributed by atoms with Gasteiger partial charge in [-0.2, -0.15) is 0 Å². The molecule has 3 aromatic rings. The first-order valence-corrected chi connectivity index (χ1v) is 9.83. The fraction of sp³-hybridized carbons (Fsp3) is 0.250. The summed E-state index contributed by atoms with van der Waals surface area (Å²) in [5.41, 5.74) is 0. The van der Waals surface area contributed by atoms with E-state index in [1.807, 2.05) is 29.3 Å². The zero-order valence-electron chi connectivity index (χ0n) is 15.3. The number of carbonyl (C=O) groups excluding carboxylic acids is 1. The van der Waals surface area contributed by atoms with Crippen LogP contribution in [-0.4, -0.2) is 46.5 Å². The molecule has 0 radical (unpaired) electrons. The lowest BCUT2D eigenvalue weighted by atomic mass is 10.2. The zero-order valence-corrected chi connectivity index (χ0v) is 16.1. The van der Waals surface area contributed by atoms with Crippen molar-refractivity contribution in [3.63, 3.8) is 0 Å². The lowest BCUT2D eigenvalue weighted by molar-refractivity contribution is 0.0678. The van der Waals surface area contributed by atoms with Crippen molar-refractivity contribution in [2.24, 2.45) is 0 Å². The van der Waals surface area contributed by atoms with Gasteiger partial charge in [-0.05, 0) is 30.5 Å². The Bertz CT molecular complexity index is 966. The fourth-order valence-corrected chi connectivity index (χ4v) is 3.89. The molecule has 4 rings (SSSR count). The Morgan fingerprint density at radius 2 is 2.07 bits per heavy atom. The summed E-state index contributed by atoms with van der Waals surface area (Å²) in [4.78, 5) is 25.8. The van der Waals surface area contributed by atoms with Crippen LogP contribution in [0.4, 0.5) is 10.2 Å². The van der Waals surface area contributed by atoms with Gasteiger partial charge in [0.05, 0.1) is 4.88 Å². The van der Waals surface area contributed by atoms with Crippen molar-refractivity contribution < 1.29 is 13.9 Å². The van der Waals surface area contributed by atoms with Crippen LogP contribution in [0.25, 0.3) is 0 Å². The third-order valence-corrected chi connectivity index (χ3v) is 5.48. The van der Waals surface area contributed by atoms with Gasteiger partial charge in [0.1, 0.15) is 12.1 Å². The maximum atomic E-state index is 13.8. The van der Waals surface area contributed by atoms with E-state index in [1.165, 1.54) is 23.7 Å². The summed E-state index contributed by atoms with van der Waals surface area (Å²) in [5.74, 6) is 0.702. The molecule has 1 fully saturated rings. The zero-order chi connectivity index (χ0) is 19.5. The summed E-state index contributed by atoms with van der Waals surface area (Å²) in [6.07, 6.45) is 1.40. The average molecular weight is 398 g/mol. The van der Waals surface area contributed by atoms with Crippen LogP contribution in [0.2, 0.25) is 0 Å². The number of hydrogen-bond acceptors (Lipinski definition) is 6. The quantitative estimate of drug-likeness (QED) is 0.669. The number of piperazine rings is 1. The monoisotopic (exact) mass is 398 g/mol. The molecule has 144 valence electrons. The molecule has 28 heavy (non-hydrogen) atoms. The van der Waals surface area contributed by atoms with Crippen LogP contribution in [-0.2, 0) is 0 Å². The highest BCUT2D eigenvalue weighted by atomic mass is 32.1. The van der Waals surface area contributed by atoms with Gasteiger partial charge in [-0.3, -0.25) is 4.79 Å². The number of hydrogen-bond donors (Lipinski definition) is 0. The Kier molecular flexibility index (Phi) is 5.21. The summed E-state index contributed by atoms with van der Waals surface area (Å²) in [5, 5.41) is 1.91. The van der Waals surface area contributed by atoms with Gasteiger partial charge >= 0.3 is 0 Å². The lowest BCUT2D eigenvalue weighted by Crippen LogP contribution is -2.54. The molecule has 0 unspecified atom stereocenters. The molecule has 0 spiro atoms. The Hall–Kier alpha value is -3.00. The topological polar surface area (TPSA) is 58.6 Å². The Morgan fingerprint density at radius 3 is 2.82 bits per heavy atom. The van der Waals surface area contributed by atoms with E-state index in [0.29, 0.717) is 25.5 Å². The molecule has 1 atom stereocenters. The summed E-state index contributed by atoms with van der Waals surface area (Å²) in [6, 6.07) is 11.7. The lowest BCUT2D eigenvalue weighted by Gasteiger charge is -2.40. The van der Waals surface area contributed by atoms with Crippen molar-refractivity contribution in [1.82, 2.24) is 14.9 Å². The predicted molar refractivity (Wildman–Crippen MR) is 106 cm³/mol. The van der Waals surface area contributed by atoms with Crippen LogP contribution in [0.5, 0.6) is 11.6 Å². The number of thiophene rings is 1. The molecule has 1 aromatic carbocycles. The van der Waals surface area contributed by atoms with E-state index >= 15 is 0 Å². The van der Waals surface area contributed by atoms with E-state index in [0.717, 1.165) is 4.88 Å². The highest BCUT2D eigenvalue weighted by molar-refractivity contribution is 7.12. The molecule has 0 N–H and O–H groups in total. The van der Waals surface area contributed by atoms with Crippen molar-refractivity contribution in [2.75, 3.05) is 24.5 Å². The van der Waals surface area contributed by atoms with Crippen molar-refractivity contribution >= 4 is 23.1 Å². The molecular formula is C20H19FN4O2S. The minimum Gasteiger partial charge on any atom is -0.436 e. The second kappa shape index (κ2) is 7.93. The molecule has 1 amide bonds. The van der Waals surface area contributed by atoms with Gasteiger partial charge in [0, 0.05) is 31.7 Å². The summed E-state index contributed by atoms with van der Waals surface area (Å²) < 4.78 is 19.4. The SMILES string of the molecule is C[C@@H]1CN(c2cc(Oc3ccccc3F)ncn2)CCN1C(=O)c1cccs1. The number of ether oxygens (including phenoxy) is 1. The third-order valence-electron chi connectivity index (χ3n) is 4.62. The number of carbonyl (C=O) groups is 1. The Morgan fingerprint density at radius 1 is 1.21 bits per heavy atom. The highest BCUT2D eigenvalue weighted by Crippen LogP contribution is 2.26. The van der Waals surface area contributed by atoms with Gasteiger partial charge in [-0.15, -0.1) is 11.3 Å². The van der Waals surface area contributed by atoms with Crippen LogP contribution in [0, 0.1) is 5.82 Å². The van der Waals surface area contributed by atoms with Crippen LogP contribution >= 0.6 is 11.3 Å². The van der Waals surface area contributed by atoms with Crippen LogP contribution in [0.3, 0.4) is 0 Å². The molecule has 1 aliphatic rings. The van der Waals surface area contributed by atoms with E-state index in [-0.39, 0.29) is 23.6 Å². The van der Waals surface area contributed by atoms with Gasteiger partial charge in [0.25, 0.3) is 5.91 Å². The van der Waals surface area contributed by atoms with Crippen molar-refractivity contribution in [3.05, 3.63) is 64.9 Å².